The number of nitrogens with two attached hydrogens (primary N) is 1. The summed E-state index contributed by atoms with van der Waals surface area (Å²) in [5.41, 5.74) is 5.57. The molecule has 4 N–H and O–H groups in total. The van der Waals surface area contributed by atoms with E-state index >= 15 is 0 Å². The minimum Gasteiger partial charge on any atom is -0.481 e. The van der Waals surface area contributed by atoms with E-state index in [2.05, 4.69) is 5.32 Å². The zero-order valence-corrected chi connectivity index (χ0v) is 11.7. The minimum absolute atomic E-state index is 0.0981. The fourth-order valence-electron chi connectivity index (χ4n) is 1.92. The molecule has 0 saturated carbocycles. The van der Waals surface area contributed by atoms with Crippen LogP contribution in [-0.2, 0) is 19.1 Å². The summed E-state index contributed by atoms with van der Waals surface area (Å²) < 4.78 is 10.9. The lowest BCUT2D eigenvalue weighted by molar-refractivity contribution is -0.137. The van der Waals surface area contributed by atoms with Crippen molar-refractivity contribution in [2.24, 2.45) is 5.73 Å². The second-order valence-corrected chi connectivity index (χ2v) is 4.89. The largest absolute Gasteiger partial charge is 0.481 e. The number of nitrogens with one attached hydrogen (secondary N) is 1. The molecule has 0 bridgehead atoms. The molecule has 1 aliphatic rings. The Balaban J connectivity index is 1.94. The smallest absolute Gasteiger partial charge is 0.303 e. The van der Waals surface area contributed by atoms with Gasteiger partial charge in [0, 0.05) is 26.2 Å². The zero-order chi connectivity index (χ0) is 14.8. The molecule has 0 aromatic heterocycles. The number of aliphatic carboxylic acids is 1. The molecular weight excluding hydrogens is 264 g/mol. The molecule has 1 saturated heterocycles. The molecule has 7 nitrogen and oxygen atoms in total. The molecule has 0 aliphatic carbocycles. The molecule has 0 radical (unpaired) electrons. The third kappa shape index (κ3) is 7.42. The van der Waals surface area contributed by atoms with Crippen molar-refractivity contribution >= 4 is 11.9 Å². The van der Waals surface area contributed by atoms with Crippen LogP contribution in [0.5, 0.6) is 0 Å². The third-order valence-corrected chi connectivity index (χ3v) is 3.10. The standard InChI is InChI=1S/C13H24N2O5/c14-11(4-5-12(16)17)13(18)15-6-2-7-19-9-10-3-1-8-20-10/h10-11H,1-9,14H2,(H,15,18)(H,16,17). The number of hydrogen-bond donors (Lipinski definition) is 3. The quantitative estimate of drug-likeness (QED) is 0.483. The van der Waals surface area contributed by atoms with Gasteiger partial charge in [0.1, 0.15) is 0 Å². The van der Waals surface area contributed by atoms with E-state index in [0.29, 0.717) is 26.2 Å². The van der Waals surface area contributed by atoms with Crippen molar-refractivity contribution in [3.63, 3.8) is 0 Å². The maximum Gasteiger partial charge on any atom is 0.303 e. The maximum atomic E-state index is 11.5. The molecule has 1 fully saturated rings. The number of carbonyl (C=O) groups excluding carboxylic acids is 1. The molecule has 7 heteroatoms. The zero-order valence-electron chi connectivity index (χ0n) is 11.7. The fourth-order valence-corrected chi connectivity index (χ4v) is 1.92. The van der Waals surface area contributed by atoms with Gasteiger partial charge in [-0.3, -0.25) is 9.59 Å². The van der Waals surface area contributed by atoms with Gasteiger partial charge >= 0.3 is 5.97 Å². The Labute approximate surface area is 118 Å². The summed E-state index contributed by atoms with van der Waals surface area (Å²) in [7, 11) is 0. The van der Waals surface area contributed by atoms with E-state index in [0.717, 1.165) is 19.4 Å². The van der Waals surface area contributed by atoms with E-state index in [-0.39, 0.29) is 24.9 Å². The monoisotopic (exact) mass is 288 g/mol. The summed E-state index contributed by atoms with van der Waals surface area (Å²) in [6.45, 7) is 2.46. The van der Waals surface area contributed by atoms with E-state index in [1.165, 1.54) is 0 Å². The minimum atomic E-state index is -0.948. The Morgan fingerprint density at radius 2 is 2.30 bits per heavy atom. The number of carboxylic acids is 1. The van der Waals surface area contributed by atoms with Crippen LogP contribution < -0.4 is 11.1 Å². The summed E-state index contributed by atoms with van der Waals surface area (Å²) in [5.74, 6) is -1.26. The van der Waals surface area contributed by atoms with Gasteiger partial charge in [-0.15, -0.1) is 0 Å². The van der Waals surface area contributed by atoms with Crippen molar-refractivity contribution in [2.45, 2.75) is 44.2 Å². The number of ether oxygens (including phenoxy) is 2. The van der Waals surface area contributed by atoms with Gasteiger partial charge in [0.05, 0.1) is 18.8 Å². The van der Waals surface area contributed by atoms with Crippen LogP contribution in [0.25, 0.3) is 0 Å². The van der Waals surface area contributed by atoms with E-state index in [1.54, 1.807) is 0 Å². The van der Waals surface area contributed by atoms with Gasteiger partial charge in [-0.05, 0) is 25.7 Å². The molecule has 1 amide bonds. The Hall–Kier alpha value is -1.18. The second kappa shape index (κ2) is 9.68. The van der Waals surface area contributed by atoms with Crippen LogP contribution >= 0.6 is 0 Å². The van der Waals surface area contributed by atoms with E-state index in [4.69, 9.17) is 20.3 Å². The first-order valence-corrected chi connectivity index (χ1v) is 7.04. The SMILES string of the molecule is NC(CCC(=O)O)C(=O)NCCCOCC1CCCO1. The van der Waals surface area contributed by atoms with Crippen molar-refractivity contribution in [1.29, 1.82) is 0 Å². The number of carbonyl (C=O) groups is 2. The van der Waals surface area contributed by atoms with Gasteiger partial charge in [0.15, 0.2) is 0 Å². The lowest BCUT2D eigenvalue weighted by Crippen LogP contribution is -2.41. The normalized spacial score (nSPS) is 19.8. The van der Waals surface area contributed by atoms with E-state index in [1.807, 2.05) is 0 Å². The number of amides is 1. The molecule has 1 rings (SSSR count). The van der Waals surface area contributed by atoms with Crippen LogP contribution in [0.2, 0.25) is 0 Å². The van der Waals surface area contributed by atoms with E-state index in [9.17, 15) is 9.59 Å². The first-order valence-electron chi connectivity index (χ1n) is 7.04. The third-order valence-electron chi connectivity index (χ3n) is 3.10. The van der Waals surface area contributed by atoms with E-state index < -0.39 is 12.0 Å². The summed E-state index contributed by atoms with van der Waals surface area (Å²) in [6, 6.07) is -0.765. The summed E-state index contributed by atoms with van der Waals surface area (Å²) >= 11 is 0. The molecule has 1 heterocycles. The van der Waals surface area contributed by atoms with Crippen molar-refractivity contribution in [1.82, 2.24) is 5.32 Å². The Kier molecular flexibility index (Phi) is 8.17. The van der Waals surface area contributed by atoms with Gasteiger partial charge in [-0.25, -0.2) is 0 Å². The van der Waals surface area contributed by atoms with Crippen LogP contribution in [0.4, 0.5) is 0 Å². The summed E-state index contributed by atoms with van der Waals surface area (Å²) in [6.07, 6.45) is 3.11. The molecule has 20 heavy (non-hydrogen) atoms. The topological polar surface area (TPSA) is 111 Å². The second-order valence-electron chi connectivity index (χ2n) is 4.89. The lowest BCUT2D eigenvalue weighted by Gasteiger charge is -2.12. The van der Waals surface area contributed by atoms with Crippen LogP contribution in [0.3, 0.4) is 0 Å². The van der Waals surface area contributed by atoms with Crippen LogP contribution in [0, 0.1) is 0 Å². The first kappa shape index (κ1) is 16.9. The average molecular weight is 288 g/mol. The molecular formula is C13H24N2O5. The summed E-state index contributed by atoms with van der Waals surface area (Å²) in [4.78, 5) is 21.9. The first-order chi connectivity index (χ1) is 9.59. The molecule has 116 valence electrons. The highest BCUT2D eigenvalue weighted by atomic mass is 16.5. The Morgan fingerprint density at radius 1 is 1.50 bits per heavy atom. The summed E-state index contributed by atoms with van der Waals surface area (Å²) in [5, 5.41) is 11.2. The lowest BCUT2D eigenvalue weighted by atomic mass is 10.1. The highest BCUT2D eigenvalue weighted by molar-refractivity contribution is 5.82. The highest BCUT2D eigenvalue weighted by Crippen LogP contribution is 2.11. The van der Waals surface area contributed by atoms with Crippen LogP contribution in [-0.4, -0.2) is 55.5 Å². The van der Waals surface area contributed by atoms with Crippen molar-refractivity contribution in [2.75, 3.05) is 26.4 Å². The predicted molar refractivity (Wildman–Crippen MR) is 72.3 cm³/mol. The Bertz CT molecular complexity index is 305. The molecule has 2 atom stereocenters. The van der Waals surface area contributed by atoms with Crippen molar-refractivity contribution in [3.8, 4) is 0 Å². The predicted octanol–water partition coefficient (Wildman–Crippen LogP) is -0.120. The number of rotatable bonds is 10. The Morgan fingerprint density at radius 3 is 2.95 bits per heavy atom. The van der Waals surface area contributed by atoms with Crippen molar-refractivity contribution in [3.05, 3.63) is 0 Å². The van der Waals surface area contributed by atoms with Gasteiger partial charge in [0.25, 0.3) is 0 Å². The van der Waals surface area contributed by atoms with Gasteiger partial charge < -0.3 is 25.6 Å². The fraction of sp³-hybridized carbons (Fsp3) is 0.846. The molecule has 0 aromatic rings. The van der Waals surface area contributed by atoms with Gasteiger partial charge in [-0.2, -0.15) is 0 Å². The highest BCUT2D eigenvalue weighted by Gasteiger charge is 2.15. The number of carboxylic acid groups (broad SMARTS) is 1. The van der Waals surface area contributed by atoms with Gasteiger partial charge in [-0.1, -0.05) is 0 Å². The average Bonchev–Trinajstić information content (AvgIpc) is 2.92. The number of hydrogen-bond acceptors (Lipinski definition) is 5. The molecule has 0 spiro atoms. The molecule has 2 unspecified atom stereocenters. The molecule has 0 aromatic carbocycles. The molecule has 1 aliphatic heterocycles. The van der Waals surface area contributed by atoms with Crippen LogP contribution in [0.1, 0.15) is 32.1 Å². The van der Waals surface area contributed by atoms with Gasteiger partial charge in [0.2, 0.25) is 5.91 Å². The van der Waals surface area contributed by atoms with Crippen molar-refractivity contribution < 1.29 is 24.2 Å². The van der Waals surface area contributed by atoms with Crippen LogP contribution in [0.15, 0.2) is 0 Å². The maximum absolute atomic E-state index is 11.5.